The van der Waals surface area contributed by atoms with Crippen molar-refractivity contribution in [2.75, 3.05) is 20.3 Å². The van der Waals surface area contributed by atoms with E-state index in [9.17, 15) is 4.79 Å². The molecule has 0 radical (unpaired) electrons. The molecule has 2 aliphatic rings. The number of aryl methyl sites for hydroxylation is 1. The molecule has 4 rings (SSSR count). The van der Waals surface area contributed by atoms with E-state index in [0.717, 1.165) is 31.0 Å². The Morgan fingerprint density at radius 1 is 1.26 bits per heavy atom. The van der Waals surface area contributed by atoms with Crippen LogP contribution in [0.4, 0.5) is 0 Å². The summed E-state index contributed by atoms with van der Waals surface area (Å²) in [6, 6.07) is 5.28. The monoisotopic (exact) mass is 314 g/mol. The minimum absolute atomic E-state index is 0.0719. The van der Waals surface area contributed by atoms with Crippen LogP contribution >= 0.6 is 0 Å². The topological polar surface area (TPSA) is 69.5 Å². The molecule has 0 bridgehead atoms. The van der Waals surface area contributed by atoms with E-state index in [1.54, 1.807) is 30.1 Å². The molecule has 1 aromatic heterocycles. The van der Waals surface area contributed by atoms with Gasteiger partial charge in [0.25, 0.3) is 5.91 Å². The summed E-state index contributed by atoms with van der Waals surface area (Å²) < 4.78 is 13.1. The fourth-order valence-electron chi connectivity index (χ4n) is 3.01. The molecular formula is C16H18N4O3. The van der Waals surface area contributed by atoms with Crippen LogP contribution in [0.25, 0.3) is 0 Å². The number of fused-ring (bicyclic) bond motifs is 2. The zero-order valence-electron chi connectivity index (χ0n) is 13.0. The van der Waals surface area contributed by atoms with Crippen molar-refractivity contribution in [3.63, 3.8) is 0 Å². The Kier molecular flexibility index (Phi) is 3.40. The average Bonchev–Trinajstić information content (AvgIpc) is 3.18. The number of carbonyl (C=O) groups is 1. The third-order valence-electron chi connectivity index (χ3n) is 4.20. The molecule has 3 heterocycles. The first-order valence-corrected chi connectivity index (χ1v) is 7.78. The van der Waals surface area contributed by atoms with E-state index in [1.165, 1.54) is 0 Å². The number of rotatable bonds is 3. The maximum absolute atomic E-state index is 12.6. The first kappa shape index (κ1) is 14.0. The standard InChI is InChI=1S/C16H18N4O3/c1-19(10-15-18-17-14-3-2-6-20(14)15)16(21)11-4-5-12-13(9-11)23-8-7-22-12/h4-5,9H,2-3,6-8,10H2,1H3. The molecule has 0 fully saturated rings. The summed E-state index contributed by atoms with van der Waals surface area (Å²) in [6.07, 6.45) is 2.06. The fraction of sp³-hybridized carbons (Fsp3) is 0.438. The fourth-order valence-corrected chi connectivity index (χ4v) is 3.01. The van der Waals surface area contributed by atoms with E-state index in [2.05, 4.69) is 14.8 Å². The van der Waals surface area contributed by atoms with E-state index < -0.39 is 0 Å². The van der Waals surface area contributed by atoms with Crippen LogP contribution in [0.1, 0.15) is 28.4 Å². The smallest absolute Gasteiger partial charge is 0.254 e. The lowest BCUT2D eigenvalue weighted by atomic mass is 10.1. The normalized spacial score (nSPS) is 15.3. The summed E-state index contributed by atoms with van der Waals surface area (Å²) in [5.74, 6) is 3.09. The van der Waals surface area contributed by atoms with Crippen molar-refractivity contribution in [2.24, 2.45) is 0 Å². The highest BCUT2D eigenvalue weighted by atomic mass is 16.6. The van der Waals surface area contributed by atoms with Gasteiger partial charge in [0, 0.05) is 25.6 Å². The number of carbonyl (C=O) groups excluding carboxylic acids is 1. The van der Waals surface area contributed by atoms with Gasteiger partial charge in [-0.15, -0.1) is 10.2 Å². The molecule has 23 heavy (non-hydrogen) atoms. The number of ether oxygens (including phenoxy) is 2. The van der Waals surface area contributed by atoms with Crippen LogP contribution in [0.5, 0.6) is 11.5 Å². The Morgan fingerprint density at radius 2 is 2.09 bits per heavy atom. The zero-order valence-corrected chi connectivity index (χ0v) is 13.0. The van der Waals surface area contributed by atoms with E-state index in [-0.39, 0.29) is 5.91 Å². The maximum atomic E-state index is 12.6. The van der Waals surface area contributed by atoms with Gasteiger partial charge >= 0.3 is 0 Å². The van der Waals surface area contributed by atoms with Crippen molar-refractivity contribution in [3.05, 3.63) is 35.4 Å². The van der Waals surface area contributed by atoms with Gasteiger partial charge in [0.15, 0.2) is 17.3 Å². The minimum Gasteiger partial charge on any atom is -0.486 e. The zero-order chi connectivity index (χ0) is 15.8. The Bertz CT molecular complexity index is 756. The van der Waals surface area contributed by atoms with Gasteiger partial charge in [-0.25, -0.2) is 0 Å². The van der Waals surface area contributed by atoms with Crippen LogP contribution < -0.4 is 9.47 Å². The second-order valence-corrected chi connectivity index (χ2v) is 5.81. The summed E-state index contributed by atoms with van der Waals surface area (Å²) >= 11 is 0. The molecule has 0 saturated heterocycles. The van der Waals surface area contributed by atoms with E-state index in [0.29, 0.717) is 36.8 Å². The van der Waals surface area contributed by atoms with Gasteiger partial charge < -0.3 is 18.9 Å². The van der Waals surface area contributed by atoms with Crippen LogP contribution in [0.15, 0.2) is 18.2 Å². The predicted octanol–water partition coefficient (Wildman–Crippen LogP) is 1.27. The van der Waals surface area contributed by atoms with E-state index >= 15 is 0 Å². The Hall–Kier alpha value is -2.57. The molecular weight excluding hydrogens is 296 g/mol. The SMILES string of the molecule is CN(Cc1nnc2n1CCC2)C(=O)c1ccc2c(c1)OCCO2. The largest absolute Gasteiger partial charge is 0.486 e. The lowest BCUT2D eigenvalue weighted by Gasteiger charge is -2.20. The van der Waals surface area contributed by atoms with Crippen LogP contribution in [0.2, 0.25) is 0 Å². The van der Waals surface area contributed by atoms with Crippen molar-refractivity contribution in [1.29, 1.82) is 0 Å². The second kappa shape index (κ2) is 5.57. The lowest BCUT2D eigenvalue weighted by molar-refractivity contribution is 0.0779. The van der Waals surface area contributed by atoms with Gasteiger partial charge in [-0.2, -0.15) is 0 Å². The molecule has 0 spiro atoms. The maximum Gasteiger partial charge on any atom is 0.254 e. The Morgan fingerprint density at radius 3 is 2.96 bits per heavy atom. The quantitative estimate of drug-likeness (QED) is 0.853. The number of hydrogen-bond donors (Lipinski definition) is 0. The van der Waals surface area contributed by atoms with Gasteiger partial charge in [-0.1, -0.05) is 0 Å². The molecule has 0 aliphatic carbocycles. The Balaban J connectivity index is 1.51. The number of amides is 1. The highest BCUT2D eigenvalue weighted by molar-refractivity contribution is 5.94. The Labute approximate surface area is 133 Å². The van der Waals surface area contributed by atoms with Gasteiger partial charge in [0.2, 0.25) is 0 Å². The first-order valence-electron chi connectivity index (χ1n) is 7.78. The van der Waals surface area contributed by atoms with Crippen molar-refractivity contribution in [1.82, 2.24) is 19.7 Å². The van der Waals surface area contributed by atoms with Crippen LogP contribution in [0.3, 0.4) is 0 Å². The molecule has 1 aromatic carbocycles. The highest BCUT2D eigenvalue weighted by Gasteiger charge is 2.21. The molecule has 120 valence electrons. The van der Waals surface area contributed by atoms with Crippen LogP contribution in [-0.4, -0.2) is 45.8 Å². The molecule has 7 heteroatoms. The van der Waals surface area contributed by atoms with Crippen LogP contribution in [0, 0.1) is 0 Å². The molecule has 2 aliphatic heterocycles. The molecule has 7 nitrogen and oxygen atoms in total. The van der Waals surface area contributed by atoms with E-state index in [1.807, 2.05) is 0 Å². The molecule has 1 amide bonds. The van der Waals surface area contributed by atoms with Crippen LogP contribution in [-0.2, 0) is 19.5 Å². The first-order chi connectivity index (χ1) is 11.2. The number of aromatic nitrogens is 3. The minimum atomic E-state index is -0.0719. The van der Waals surface area contributed by atoms with Gasteiger partial charge in [0.05, 0.1) is 6.54 Å². The molecule has 0 saturated carbocycles. The molecule has 0 unspecified atom stereocenters. The average molecular weight is 314 g/mol. The number of nitrogens with zero attached hydrogens (tertiary/aromatic N) is 4. The van der Waals surface area contributed by atoms with Crippen molar-refractivity contribution in [2.45, 2.75) is 25.9 Å². The lowest BCUT2D eigenvalue weighted by Crippen LogP contribution is -2.28. The van der Waals surface area contributed by atoms with E-state index in [4.69, 9.17) is 9.47 Å². The number of hydrogen-bond acceptors (Lipinski definition) is 5. The van der Waals surface area contributed by atoms with Gasteiger partial charge in [-0.05, 0) is 24.6 Å². The van der Waals surface area contributed by atoms with Gasteiger partial charge in [-0.3, -0.25) is 4.79 Å². The third-order valence-corrected chi connectivity index (χ3v) is 4.20. The van der Waals surface area contributed by atoms with Crippen molar-refractivity contribution >= 4 is 5.91 Å². The highest BCUT2D eigenvalue weighted by Crippen LogP contribution is 2.31. The summed E-state index contributed by atoms with van der Waals surface area (Å²) in [4.78, 5) is 14.3. The van der Waals surface area contributed by atoms with Gasteiger partial charge in [0.1, 0.15) is 19.0 Å². The summed E-state index contributed by atoms with van der Waals surface area (Å²) in [5, 5.41) is 8.38. The number of benzene rings is 1. The predicted molar refractivity (Wildman–Crippen MR) is 81.6 cm³/mol. The summed E-state index contributed by atoms with van der Waals surface area (Å²) in [7, 11) is 1.77. The summed E-state index contributed by atoms with van der Waals surface area (Å²) in [5.41, 5.74) is 0.581. The third kappa shape index (κ3) is 2.52. The second-order valence-electron chi connectivity index (χ2n) is 5.81. The van der Waals surface area contributed by atoms with Crippen molar-refractivity contribution in [3.8, 4) is 11.5 Å². The molecule has 2 aromatic rings. The van der Waals surface area contributed by atoms with Crippen molar-refractivity contribution < 1.29 is 14.3 Å². The molecule has 0 N–H and O–H groups in total. The molecule has 0 atom stereocenters. The summed E-state index contributed by atoms with van der Waals surface area (Å²) in [6.45, 7) is 2.43.